The van der Waals surface area contributed by atoms with Crippen LogP contribution in [0.15, 0.2) is 18.2 Å². The highest BCUT2D eigenvalue weighted by Gasteiger charge is 2.23. The summed E-state index contributed by atoms with van der Waals surface area (Å²) in [5.74, 6) is -0.966. The molecule has 19 heavy (non-hydrogen) atoms. The van der Waals surface area contributed by atoms with Crippen molar-refractivity contribution in [1.82, 2.24) is 4.90 Å². The summed E-state index contributed by atoms with van der Waals surface area (Å²) in [5.41, 5.74) is 1.04. The third-order valence-electron chi connectivity index (χ3n) is 2.79. The van der Waals surface area contributed by atoms with Crippen molar-refractivity contribution in [2.75, 3.05) is 13.7 Å². The number of phenols is 1. The molecule has 0 aliphatic heterocycles. The quantitative estimate of drug-likeness (QED) is 0.842. The average Bonchev–Trinajstić information content (AvgIpc) is 2.34. The van der Waals surface area contributed by atoms with Crippen LogP contribution < -0.4 is 0 Å². The zero-order valence-corrected chi connectivity index (χ0v) is 11.6. The fraction of sp³-hybridized carbons (Fsp3) is 0.429. The summed E-state index contributed by atoms with van der Waals surface area (Å²) in [6.45, 7) is 5.28. The van der Waals surface area contributed by atoms with Crippen LogP contribution in [0.2, 0.25) is 0 Å². The molecule has 1 aromatic rings. The molecule has 0 heterocycles. The first-order valence-corrected chi connectivity index (χ1v) is 6.04. The molecule has 0 radical (unpaired) electrons. The lowest BCUT2D eigenvalue weighted by molar-refractivity contribution is -0.141. The van der Waals surface area contributed by atoms with Gasteiger partial charge in [-0.25, -0.2) is 0 Å². The van der Waals surface area contributed by atoms with Gasteiger partial charge >= 0.3 is 5.97 Å². The topological polar surface area (TPSA) is 66.8 Å². The zero-order chi connectivity index (χ0) is 14.6. The second-order valence-electron chi connectivity index (χ2n) is 4.62. The molecule has 0 aliphatic carbocycles. The van der Waals surface area contributed by atoms with E-state index in [1.807, 2.05) is 6.92 Å². The molecule has 1 rings (SSSR count). The first kappa shape index (κ1) is 15.0. The van der Waals surface area contributed by atoms with Crippen molar-refractivity contribution in [3.8, 4) is 5.75 Å². The average molecular weight is 265 g/mol. The predicted molar refractivity (Wildman–Crippen MR) is 71.0 cm³/mol. The Hall–Kier alpha value is -2.04. The van der Waals surface area contributed by atoms with E-state index in [0.717, 1.165) is 5.56 Å². The van der Waals surface area contributed by atoms with Gasteiger partial charge in [0, 0.05) is 6.04 Å². The number of benzene rings is 1. The van der Waals surface area contributed by atoms with E-state index in [9.17, 15) is 14.7 Å². The van der Waals surface area contributed by atoms with Crippen LogP contribution in [0.25, 0.3) is 0 Å². The third kappa shape index (κ3) is 3.71. The Labute approximate surface area is 112 Å². The predicted octanol–water partition coefficient (Wildman–Crippen LogP) is 1.72. The van der Waals surface area contributed by atoms with Crippen molar-refractivity contribution in [2.24, 2.45) is 0 Å². The molecule has 1 aromatic carbocycles. The largest absolute Gasteiger partial charge is 0.507 e. The van der Waals surface area contributed by atoms with Crippen LogP contribution in [0.1, 0.15) is 29.8 Å². The van der Waals surface area contributed by atoms with E-state index in [0.29, 0.717) is 0 Å². The summed E-state index contributed by atoms with van der Waals surface area (Å²) < 4.78 is 4.57. The zero-order valence-electron chi connectivity index (χ0n) is 11.6. The first-order valence-electron chi connectivity index (χ1n) is 6.04. The maximum atomic E-state index is 12.3. The number of hydrogen-bond acceptors (Lipinski definition) is 4. The van der Waals surface area contributed by atoms with Crippen LogP contribution in [-0.2, 0) is 9.53 Å². The van der Waals surface area contributed by atoms with Crippen molar-refractivity contribution in [1.29, 1.82) is 0 Å². The van der Waals surface area contributed by atoms with Gasteiger partial charge in [0.05, 0.1) is 12.7 Å². The highest BCUT2D eigenvalue weighted by molar-refractivity contribution is 5.98. The lowest BCUT2D eigenvalue weighted by Crippen LogP contribution is -2.41. The Morgan fingerprint density at radius 3 is 2.47 bits per heavy atom. The van der Waals surface area contributed by atoms with Crippen molar-refractivity contribution in [3.05, 3.63) is 29.3 Å². The normalized spacial score (nSPS) is 10.4. The smallest absolute Gasteiger partial charge is 0.325 e. The van der Waals surface area contributed by atoms with E-state index in [-0.39, 0.29) is 23.9 Å². The van der Waals surface area contributed by atoms with E-state index in [2.05, 4.69) is 4.74 Å². The highest BCUT2D eigenvalue weighted by Crippen LogP contribution is 2.21. The van der Waals surface area contributed by atoms with Crippen molar-refractivity contribution < 1.29 is 19.4 Å². The summed E-state index contributed by atoms with van der Waals surface area (Å²) in [4.78, 5) is 25.0. The minimum Gasteiger partial charge on any atom is -0.507 e. The molecule has 5 nitrogen and oxygen atoms in total. The van der Waals surface area contributed by atoms with Gasteiger partial charge in [0.25, 0.3) is 5.91 Å². The lowest BCUT2D eigenvalue weighted by atomic mass is 10.1. The minimum absolute atomic E-state index is 0.0829. The minimum atomic E-state index is -0.492. The monoisotopic (exact) mass is 265 g/mol. The van der Waals surface area contributed by atoms with Crippen molar-refractivity contribution in [2.45, 2.75) is 26.8 Å². The summed E-state index contributed by atoms with van der Waals surface area (Å²) in [5, 5.41) is 9.82. The molecule has 0 saturated carbocycles. The number of rotatable bonds is 4. The Balaban J connectivity index is 3.02. The fourth-order valence-corrected chi connectivity index (χ4v) is 1.67. The number of nitrogens with zero attached hydrogens (tertiary/aromatic N) is 1. The van der Waals surface area contributed by atoms with Gasteiger partial charge in [-0.15, -0.1) is 0 Å². The number of amides is 1. The maximum Gasteiger partial charge on any atom is 0.325 e. The van der Waals surface area contributed by atoms with E-state index >= 15 is 0 Å². The molecule has 1 N–H and O–H groups in total. The molecule has 104 valence electrons. The summed E-state index contributed by atoms with van der Waals surface area (Å²) in [6.07, 6.45) is 0. The second-order valence-corrected chi connectivity index (χ2v) is 4.62. The van der Waals surface area contributed by atoms with E-state index in [1.54, 1.807) is 26.0 Å². The lowest BCUT2D eigenvalue weighted by Gasteiger charge is -2.25. The fourth-order valence-electron chi connectivity index (χ4n) is 1.67. The third-order valence-corrected chi connectivity index (χ3v) is 2.79. The number of aryl methyl sites for hydroxylation is 1. The van der Waals surface area contributed by atoms with E-state index in [4.69, 9.17) is 0 Å². The van der Waals surface area contributed by atoms with Crippen molar-refractivity contribution >= 4 is 11.9 Å². The van der Waals surface area contributed by atoms with E-state index < -0.39 is 11.9 Å². The Morgan fingerprint density at radius 1 is 1.37 bits per heavy atom. The molecular weight excluding hydrogens is 246 g/mol. The number of esters is 1. The number of phenolic OH excluding ortho intramolecular Hbond substituents is 1. The Morgan fingerprint density at radius 2 is 2.00 bits per heavy atom. The molecule has 5 heteroatoms. The van der Waals surface area contributed by atoms with Gasteiger partial charge in [0.1, 0.15) is 12.3 Å². The van der Waals surface area contributed by atoms with Gasteiger partial charge in [0.2, 0.25) is 0 Å². The summed E-state index contributed by atoms with van der Waals surface area (Å²) >= 11 is 0. The molecule has 1 amide bonds. The summed E-state index contributed by atoms with van der Waals surface area (Å²) in [7, 11) is 1.27. The molecule has 0 unspecified atom stereocenters. The number of aromatic hydroxyl groups is 1. The summed E-state index contributed by atoms with van der Waals surface area (Å²) in [6, 6.07) is 4.64. The van der Waals surface area contributed by atoms with Gasteiger partial charge in [-0.1, -0.05) is 6.07 Å². The van der Waals surface area contributed by atoms with Gasteiger partial charge in [-0.2, -0.15) is 0 Å². The number of hydrogen-bond donors (Lipinski definition) is 1. The number of methoxy groups -OCH3 is 1. The van der Waals surface area contributed by atoms with Gasteiger partial charge in [0.15, 0.2) is 0 Å². The number of carbonyl (C=O) groups is 2. The molecule has 0 spiro atoms. The maximum absolute atomic E-state index is 12.3. The van der Waals surface area contributed by atoms with Gasteiger partial charge in [-0.3, -0.25) is 9.59 Å². The Bertz CT molecular complexity index is 482. The van der Waals surface area contributed by atoms with Crippen LogP contribution in [0, 0.1) is 6.92 Å². The molecule has 0 fully saturated rings. The molecule has 0 bridgehead atoms. The highest BCUT2D eigenvalue weighted by atomic mass is 16.5. The van der Waals surface area contributed by atoms with Gasteiger partial charge < -0.3 is 14.7 Å². The van der Waals surface area contributed by atoms with Gasteiger partial charge in [-0.05, 0) is 38.5 Å². The molecule has 0 saturated heterocycles. The molecule has 0 atom stereocenters. The number of carbonyl (C=O) groups excluding carboxylic acids is 2. The van der Waals surface area contributed by atoms with Crippen molar-refractivity contribution in [3.63, 3.8) is 0 Å². The first-order chi connectivity index (χ1) is 8.86. The SMILES string of the molecule is COC(=O)CN(C(=O)c1ccc(C)cc1O)C(C)C. The van der Waals surface area contributed by atoms with Crippen LogP contribution in [-0.4, -0.2) is 41.6 Å². The Kier molecular flexibility index (Phi) is 4.92. The van der Waals surface area contributed by atoms with Crippen LogP contribution >= 0.6 is 0 Å². The second kappa shape index (κ2) is 6.22. The standard InChI is InChI=1S/C14H19NO4/c1-9(2)15(8-13(17)19-4)14(18)11-6-5-10(3)7-12(11)16/h5-7,9,16H,8H2,1-4H3. The van der Waals surface area contributed by atoms with Crippen LogP contribution in [0.4, 0.5) is 0 Å². The molecular formula is C14H19NO4. The number of ether oxygens (including phenoxy) is 1. The molecule has 0 aromatic heterocycles. The van der Waals surface area contributed by atoms with Crippen LogP contribution in [0.5, 0.6) is 5.75 Å². The molecule has 0 aliphatic rings. The van der Waals surface area contributed by atoms with E-state index in [1.165, 1.54) is 18.1 Å². The van der Waals surface area contributed by atoms with Crippen LogP contribution in [0.3, 0.4) is 0 Å².